The zero-order chi connectivity index (χ0) is 9.26. The molecular weight excluding hydrogens is 184 g/mol. The van der Waals surface area contributed by atoms with Gasteiger partial charge in [0, 0.05) is 10.4 Å². The van der Waals surface area contributed by atoms with Crippen molar-refractivity contribution in [2.45, 2.75) is 13.5 Å². The standard InChI is InChI=1S/C10H10O2S/c1-7-9(4-5-13-7)10-3-2-8(6-11)12-10/h2-5,11H,6H2,1H3. The summed E-state index contributed by atoms with van der Waals surface area (Å²) >= 11 is 1.69. The number of aliphatic hydroxyl groups excluding tert-OH is 1. The molecule has 0 fully saturated rings. The maximum atomic E-state index is 8.83. The van der Waals surface area contributed by atoms with Crippen LogP contribution in [0.3, 0.4) is 0 Å². The predicted molar refractivity (Wildman–Crippen MR) is 52.7 cm³/mol. The molecule has 3 heteroatoms. The molecule has 0 atom stereocenters. The van der Waals surface area contributed by atoms with Crippen LogP contribution >= 0.6 is 11.3 Å². The van der Waals surface area contributed by atoms with Gasteiger partial charge in [0.25, 0.3) is 0 Å². The van der Waals surface area contributed by atoms with Crippen molar-refractivity contribution in [2.24, 2.45) is 0 Å². The van der Waals surface area contributed by atoms with E-state index >= 15 is 0 Å². The lowest BCUT2D eigenvalue weighted by molar-refractivity contribution is 0.248. The first kappa shape index (κ1) is 8.53. The summed E-state index contributed by atoms with van der Waals surface area (Å²) in [6, 6.07) is 5.72. The molecule has 13 heavy (non-hydrogen) atoms. The third-order valence-electron chi connectivity index (χ3n) is 1.94. The number of hydrogen-bond donors (Lipinski definition) is 1. The number of aliphatic hydroxyl groups is 1. The Balaban J connectivity index is 2.41. The Morgan fingerprint density at radius 3 is 2.77 bits per heavy atom. The van der Waals surface area contributed by atoms with Crippen LogP contribution in [0.25, 0.3) is 11.3 Å². The number of furan rings is 1. The highest BCUT2D eigenvalue weighted by atomic mass is 32.1. The first-order valence-electron chi connectivity index (χ1n) is 4.05. The Kier molecular flexibility index (Phi) is 2.20. The van der Waals surface area contributed by atoms with E-state index < -0.39 is 0 Å². The maximum Gasteiger partial charge on any atom is 0.135 e. The predicted octanol–water partition coefficient (Wildman–Crippen LogP) is 2.81. The van der Waals surface area contributed by atoms with Gasteiger partial charge in [-0.2, -0.15) is 0 Å². The van der Waals surface area contributed by atoms with Gasteiger partial charge >= 0.3 is 0 Å². The van der Waals surface area contributed by atoms with Crippen molar-refractivity contribution in [1.29, 1.82) is 0 Å². The molecule has 0 aliphatic rings. The summed E-state index contributed by atoms with van der Waals surface area (Å²) in [5.74, 6) is 1.45. The van der Waals surface area contributed by atoms with Gasteiger partial charge in [0.2, 0.25) is 0 Å². The Hall–Kier alpha value is -1.06. The van der Waals surface area contributed by atoms with Crippen LogP contribution in [0.1, 0.15) is 10.6 Å². The topological polar surface area (TPSA) is 33.4 Å². The fraction of sp³-hybridized carbons (Fsp3) is 0.200. The van der Waals surface area contributed by atoms with Crippen LogP contribution in [0.5, 0.6) is 0 Å². The monoisotopic (exact) mass is 194 g/mol. The minimum absolute atomic E-state index is 0.0385. The average molecular weight is 194 g/mol. The van der Waals surface area contributed by atoms with Crippen LogP contribution in [0.2, 0.25) is 0 Å². The fourth-order valence-electron chi connectivity index (χ4n) is 1.25. The third-order valence-corrected chi connectivity index (χ3v) is 2.79. The second-order valence-corrected chi connectivity index (χ2v) is 3.93. The SMILES string of the molecule is Cc1sccc1-c1ccc(CO)o1. The lowest BCUT2D eigenvalue weighted by Crippen LogP contribution is -1.74. The summed E-state index contributed by atoms with van der Waals surface area (Å²) < 4.78 is 5.41. The Morgan fingerprint density at radius 2 is 2.23 bits per heavy atom. The molecule has 0 unspecified atom stereocenters. The molecule has 0 aliphatic carbocycles. The summed E-state index contributed by atoms with van der Waals surface area (Å²) in [7, 11) is 0. The van der Waals surface area contributed by atoms with Gasteiger partial charge in [-0.1, -0.05) is 0 Å². The van der Waals surface area contributed by atoms with E-state index in [-0.39, 0.29) is 6.61 Å². The molecule has 0 saturated heterocycles. The van der Waals surface area contributed by atoms with E-state index in [0.717, 1.165) is 11.3 Å². The number of hydrogen-bond acceptors (Lipinski definition) is 3. The Morgan fingerprint density at radius 1 is 1.38 bits per heavy atom. The minimum Gasteiger partial charge on any atom is -0.459 e. The van der Waals surface area contributed by atoms with Gasteiger partial charge in [-0.05, 0) is 30.5 Å². The van der Waals surface area contributed by atoms with E-state index in [1.165, 1.54) is 4.88 Å². The normalized spacial score (nSPS) is 10.6. The van der Waals surface area contributed by atoms with E-state index in [2.05, 4.69) is 6.92 Å². The summed E-state index contributed by atoms with van der Waals surface area (Å²) in [5.41, 5.74) is 1.12. The Labute approximate surface area is 80.4 Å². The van der Waals surface area contributed by atoms with E-state index in [1.807, 2.05) is 17.5 Å². The molecule has 2 heterocycles. The Bertz CT molecular complexity index is 400. The second kappa shape index (κ2) is 3.36. The summed E-state index contributed by atoms with van der Waals surface area (Å²) in [5, 5.41) is 10.9. The van der Waals surface area contributed by atoms with Crippen LogP contribution in [0.4, 0.5) is 0 Å². The fourth-order valence-corrected chi connectivity index (χ4v) is 1.95. The van der Waals surface area contributed by atoms with Crippen LogP contribution < -0.4 is 0 Å². The largest absolute Gasteiger partial charge is 0.459 e. The van der Waals surface area contributed by atoms with Crippen molar-refractivity contribution in [3.63, 3.8) is 0 Å². The van der Waals surface area contributed by atoms with Crippen molar-refractivity contribution >= 4 is 11.3 Å². The van der Waals surface area contributed by atoms with Crippen LogP contribution in [0, 0.1) is 6.92 Å². The molecule has 2 nitrogen and oxygen atoms in total. The van der Waals surface area contributed by atoms with Crippen LogP contribution in [-0.4, -0.2) is 5.11 Å². The summed E-state index contributed by atoms with van der Waals surface area (Å²) in [6.45, 7) is 2.02. The quantitative estimate of drug-likeness (QED) is 0.797. The van der Waals surface area contributed by atoms with Gasteiger partial charge in [-0.25, -0.2) is 0 Å². The van der Waals surface area contributed by atoms with Gasteiger partial charge < -0.3 is 9.52 Å². The molecule has 0 radical (unpaired) electrons. The molecule has 1 N–H and O–H groups in total. The summed E-state index contributed by atoms with van der Waals surface area (Å²) in [4.78, 5) is 1.24. The van der Waals surface area contributed by atoms with Gasteiger partial charge in [0.05, 0.1) is 0 Å². The van der Waals surface area contributed by atoms with E-state index in [0.29, 0.717) is 5.76 Å². The highest BCUT2D eigenvalue weighted by Crippen LogP contribution is 2.28. The van der Waals surface area contributed by atoms with E-state index in [9.17, 15) is 0 Å². The van der Waals surface area contributed by atoms with E-state index in [4.69, 9.17) is 9.52 Å². The van der Waals surface area contributed by atoms with Gasteiger partial charge in [-0.3, -0.25) is 0 Å². The average Bonchev–Trinajstić information content (AvgIpc) is 2.71. The maximum absolute atomic E-state index is 8.83. The van der Waals surface area contributed by atoms with Crippen molar-refractivity contribution in [3.05, 3.63) is 34.2 Å². The molecule has 0 aromatic carbocycles. The van der Waals surface area contributed by atoms with Crippen LogP contribution in [0.15, 0.2) is 28.0 Å². The lowest BCUT2D eigenvalue weighted by Gasteiger charge is -1.93. The molecule has 0 bridgehead atoms. The lowest BCUT2D eigenvalue weighted by atomic mass is 10.2. The molecule has 0 saturated carbocycles. The van der Waals surface area contributed by atoms with Crippen molar-refractivity contribution < 1.29 is 9.52 Å². The zero-order valence-electron chi connectivity index (χ0n) is 7.28. The van der Waals surface area contributed by atoms with Crippen molar-refractivity contribution in [1.82, 2.24) is 0 Å². The van der Waals surface area contributed by atoms with Gasteiger partial charge in [0.1, 0.15) is 18.1 Å². The minimum atomic E-state index is -0.0385. The highest BCUT2D eigenvalue weighted by molar-refractivity contribution is 7.10. The molecule has 2 rings (SSSR count). The van der Waals surface area contributed by atoms with Gasteiger partial charge in [0.15, 0.2) is 0 Å². The molecule has 2 aromatic heterocycles. The summed E-state index contributed by atoms with van der Waals surface area (Å²) in [6.07, 6.45) is 0. The number of aryl methyl sites for hydroxylation is 1. The van der Waals surface area contributed by atoms with Gasteiger partial charge in [-0.15, -0.1) is 11.3 Å². The molecule has 68 valence electrons. The van der Waals surface area contributed by atoms with E-state index in [1.54, 1.807) is 17.4 Å². The first-order valence-corrected chi connectivity index (χ1v) is 4.93. The molecular formula is C10H10O2S. The molecule has 0 amide bonds. The number of rotatable bonds is 2. The van der Waals surface area contributed by atoms with Crippen molar-refractivity contribution in [2.75, 3.05) is 0 Å². The molecule has 0 spiro atoms. The number of thiophene rings is 1. The third kappa shape index (κ3) is 1.53. The highest BCUT2D eigenvalue weighted by Gasteiger charge is 2.07. The zero-order valence-corrected chi connectivity index (χ0v) is 8.10. The van der Waals surface area contributed by atoms with Crippen molar-refractivity contribution in [3.8, 4) is 11.3 Å². The molecule has 0 aliphatic heterocycles. The first-order chi connectivity index (χ1) is 6.31. The smallest absolute Gasteiger partial charge is 0.135 e. The second-order valence-electron chi connectivity index (χ2n) is 2.81. The van der Waals surface area contributed by atoms with Crippen LogP contribution in [-0.2, 0) is 6.61 Å². The molecule has 2 aromatic rings.